The van der Waals surface area contributed by atoms with Gasteiger partial charge in [-0.25, -0.2) is 4.79 Å². The lowest BCUT2D eigenvalue weighted by atomic mass is 9.84. The van der Waals surface area contributed by atoms with Crippen LogP contribution in [0, 0.1) is 11.8 Å². The number of carbonyl (C=O) groups excluding carboxylic acids is 2. The quantitative estimate of drug-likeness (QED) is 0.876. The van der Waals surface area contributed by atoms with Gasteiger partial charge in [0.1, 0.15) is 6.61 Å². The normalized spacial score (nSPS) is 21.0. The molecule has 0 radical (unpaired) electrons. The zero-order valence-corrected chi connectivity index (χ0v) is 15.5. The van der Waals surface area contributed by atoms with E-state index in [-0.39, 0.29) is 18.5 Å². The summed E-state index contributed by atoms with van der Waals surface area (Å²) in [5, 5.41) is 2.69. The summed E-state index contributed by atoms with van der Waals surface area (Å²) in [5.74, 6) is 1.25. The molecular formula is C20H29N3O3. The molecule has 142 valence electrons. The summed E-state index contributed by atoms with van der Waals surface area (Å²) in [5.41, 5.74) is 1.09. The molecule has 2 aliphatic rings. The number of likely N-dealkylation sites (tertiary alicyclic amines) is 2. The van der Waals surface area contributed by atoms with Crippen LogP contribution < -0.4 is 5.32 Å². The predicted molar refractivity (Wildman–Crippen MR) is 99.5 cm³/mol. The maximum Gasteiger partial charge on any atom is 0.317 e. The Labute approximate surface area is 155 Å². The number of ether oxygens (including phenoxy) is 1. The summed E-state index contributed by atoms with van der Waals surface area (Å²) in [7, 11) is 1.68. The van der Waals surface area contributed by atoms with Gasteiger partial charge in [-0.2, -0.15) is 0 Å². The Morgan fingerprint density at radius 2 is 1.69 bits per heavy atom. The maximum atomic E-state index is 12.4. The minimum absolute atomic E-state index is 0.0160. The van der Waals surface area contributed by atoms with Gasteiger partial charge in [-0.15, -0.1) is 0 Å². The fraction of sp³-hybridized carbons (Fsp3) is 0.600. The van der Waals surface area contributed by atoms with Gasteiger partial charge in [-0.1, -0.05) is 30.3 Å². The van der Waals surface area contributed by atoms with Crippen molar-refractivity contribution < 1.29 is 14.3 Å². The second-order valence-electron chi connectivity index (χ2n) is 7.25. The number of hydrogen-bond donors (Lipinski definition) is 1. The van der Waals surface area contributed by atoms with Gasteiger partial charge in [0.2, 0.25) is 5.91 Å². The van der Waals surface area contributed by atoms with Crippen LogP contribution >= 0.6 is 0 Å². The van der Waals surface area contributed by atoms with E-state index in [2.05, 4.69) is 5.32 Å². The molecule has 26 heavy (non-hydrogen) atoms. The summed E-state index contributed by atoms with van der Waals surface area (Å²) < 4.78 is 5.59. The standard InChI is InChI=1S/C20H29N3O3/c1-21-20(25)22-10-7-17(8-11-22)18-9-12-23(13-18)19(24)15-26-14-16-5-3-2-4-6-16/h2-6,17-18H,7-15H2,1H3,(H,21,25). The highest BCUT2D eigenvalue weighted by atomic mass is 16.5. The first-order valence-electron chi connectivity index (χ1n) is 9.53. The van der Waals surface area contributed by atoms with Gasteiger partial charge in [0.05, 0.1) is 6.61 Å². The molecule has 6 nitrogen and oxygen atoms in total. The molecule has 0 aromatic heterocycles. The average Bonchev–Trinajstić information content (AvgIpc) is 3.18. The first kappa shape index (κ1) is 18.7. The molecule has 1 atom stereocenters. The fourth-order valence-electron chi connectivity index (χ4n) is 4.05. The highest BCUT2D eigenvalue weighted by Crippen LogP contribution is 2.31. The molecule has 1 unspecified atom stereocenters. The highest BCUT2D eigenvalue weighted by Gasteiger charge is 2.34. The largest absolute Gasteiger partial charge is 0.367 e. The van der Waals surface area contributed by atoms with Crippen LogP contribution in [-0.4, -0.2) is 61.6 Å². The Morgan fingerprint density at radius 1 is 1.04 bits per heavy atom. The molecular weight excluding hydrogens is 330 g/mol. The molecule has 2 heterocycles. The maximum absolute atomic E-state index is 12.4. The van der Waals surface area contributed by atoms with Crippen molar-refractivity contribution in [1.29, 1.82) is 0 Å². The molecule has 3 rings (SSSR count). The van der Waals surface area contributed by atoms with Crippen LogP contribution in [0.5, 0.6) is 0 Å². The molecule has 0 aliphatic carbocycles. The summed E-state index contributed by atoms with van der Waals surface area (Å²) in [6.07, 6.45) is 3.13. The zero-order chi connectivity index (χ0) is 18.4. The number of hydrogen-bond acceptors (Lipinski definition) is 3. The first-order chi connectivity index (χ1) is 12.7. The molecule has 0 spiro atoms. The van der Waals surface area contributed by atoms with E-state index in [4.69, 9.17) is 4.74 Å². The monoisotopic (exact) mass is 359 g/mol. The van der Waals surface area contributed by atoms with E-state index in [1.54, 1.807) is 7.05 Å². The third-order valence-electron chi connectivity index (χ3n) is 5.62. The van der Waals surface area contributed by atoms with Crippen molar-refractivity contribution in [3.05, 3.63) is 35.9 Å². The molecule has 1 N–H and O–H groups in total. The average molecular weight is 359 g/mol. The van der Waals surface area contributed by atoms with Crippen LogP contribution in [0.4, 0.5) is 4.79 Å². The molecule has 2 aliphatic heterocycles. The Hall–Kier alpha value is -2.08. The number of nitrogens with one attached hydrogen (secondary N) is 1. The van der Waals surface area contributed by atoms with Crippen LogP contribution in [0.25, 0.3) is 0 Å². The van der Waals surface area contributed by atoms with E-state index in [0.717, 1.165) is 51.0 Å². The summed E-state index contributed by atoms with van der Waals surface area (Å²) in [6.45, 7) is 3.91. The molecule has 1 aromatic carbocycles. The molecule has 2 saturated heterocycles. The second kappa shape index (κ2) is 9.03. The lowest BCUT2D eigenvalue weighted by molar-refractivity contribution is -0.135. The number of piperidine rings is 1. The molecule has 0 bridgehead atoms. The van der Waals surface area contributed by atoms with Crippen LogP contribution in [0.3, 0.4) is 0 Å². The first-order valence-corrected chi connectivity index (χ1v) is 9.53. The van der Waals surface area contributed by atoms with E-state index in [1.807, 2.05) is 40.1 Å². The zero-order valence-electron chi connectivity index (χ0n) is 15.5. The minimum atomic E-state index is 0.0160. The summed E-state index contributed by atoms with van der Waals surface area (Å²) in [6, 6.07) is 9.94. The molecule has 6 heteroatoms. The van der Waals surface area contributed by atoms with Gasteiger partial charge >= 0.3 is 6.03 Å². The van der Waals surface area contributed by atoms with Crippen LogP contribution in [-0.2, 0) is 16.1 Å². The molecule has 1 aromatic rings. The number of rotatable bonds is 5. The van der Waals surface area contributed by atoms with Crippen molar-refractivity contribution in [2.24, 2.45) is 11.8 Å². The molecule has 2 fully saturated rings. The topological polar surface area (TPSA) is 61.9 Å². The van der Waals surface area contributed by atoms with E-state index in [1.165, 1.54) is 0 Å². The predicted octanol–water partition coefficient (Wildman–Crippen LogP) is 2.10. The van der Waals surface area contributed by atoms with Crippen LogP contribution in [0.15, 0.2) is 30.3 Å². The van der Waals surface area contributed by atoms with Gasteiger partial charge in [-0.05, 0) is 36.7 Å². The van der Waals surface area contributed by atoms with Crippen molar-refractivity contribution in [2.45, 2.75) is 25.9 Å². The van der Waals surface area contributed by atoms with Crippen molar-refractivity contribution in [2.75, 3.05) is 39.8 Å². The van der Waals surface area contributed by atoms with E-state index in [0.29, 0.717) is 18.4 Å². The van der Waals surface area contributed by atoms with Gasteiger partial charge in [-0.3, -0.25) is 4.79 Å². The second-order valence-corrected chi connectivity index (χ2v) is 7.25. The lowest BCUT2D eigenvalue weighted by Crippen LogP contribution is -2.44. The Bertz CT molecular complexity index is 600. The Kier molecular flexibility index (Phi) is 6.50. The molecule has 3 amide bonds. The number of benzene rings is 1. The Balaban J connectivity index is 1.38. The van der Waals surface area contributed by atoms with Crippen molar-refractivity contribution in [3.8, 4) is 0 Å². The number of nitrogens with zero attached hydrogens (tertiary/aromatic N) is 2. The van der Waals surface area contributed by atoms with Crippen molar-refractivity contribution in [1.82, 2.24) is 15.1 Å². The highest BCUT2D eigenvalue weighted by molar-refractivity contribution is 5.77. The summed E-state index contributed by atoms with van der Waals surface area (Å²) in [4.78, 5) is 27.9. The smallest absolute Gasteiger partial charge is 0.317 e. The Morgan fingerprint density at radius 3 is 2.38 bits per heavy atom. The van der Waals surface area contributed by atoms with Gasteiger partial charge in [0.25, 0.3) is 0 Å². The van der Waals surface area contributed by atoms with Gasteiger partial charge in [0.15, 0.2) is 0 Å². The number of amides is 3. The van der Waals surface area contributed by atoms with E-state index in [9.17, 15) is 9.59 Å². The number of urea groups is 1. The van der Waals surface area contributed by atoms with Crippen molar-refractivity contribution in [3.63, 3.8) is 0 Å². The van der Waals surface area contributed by atoms with Crippen LogP contribution in [0.1, 0.15) is 24.8 Å². The molecule has 0 saturated carbocycles. The van der Waals surface area contributed by atoms with Gasteiger partial charge in [0, 0.05) is 33.2 Å². The van der Waals surface area contributed by atoms with Gasteiger partial charge < -0.3 is 19.9 Å². The van der Waals surface area contributed by atoms with E-state index < -0.39 is 0 Å². The third kappa shape index (κ3) is 4.75. The van der Waals surface area contributed by atoms with Crippen LogP contribution in [0.2, 0.25) is 0 Å². The van der Waals surface area contributed by atoms with E-state index >= 15 is 0 Å². The minimum Gasteiger partial charge on any atom is -0.367 e. The third-order valence-corrected chi connectivity index (χ3v) is 5.62. The SMILES string of the molecule is CNC(=O)N1CCC(C2CCN(C(=O)COCc3ccccc3)C2)CC1. The summed E-state index contributed by atoms with van der Waals surface area (Å²) >= 11 is 0. The van der Waals surface area contributed by atoms with Crippen molar-refractivity contribution >= 4 is 11.9 Å². The number of carbonyl (C=O) groups is 2. The fourth-order valence-corrected chi connectivity index (χ4v) is 4.05. The lowest BCUT2D eigenvalue weighted by Gasteiger charge is -2.34.